The number of ether oxygens (including phenoxy) is 2. The fourth-order valence-corrected chi connectivity index (χ4v) is 2.62. The molecule has 2 rings (SSSR count). The molecule has 1 fully saturated rings. The van der Waals surface area contributed by atoms with E-state index < -0.39 is 12.6 Å². The van der Waals surface area contributed by atoms with Crippen LogP contribution in [0.1, 0.15) is 32.1 Å². The summed E-state index contributed by atoms with van der Waals surface area (Å²) < 4.78 is 10.4. The largest absolute Gasteiger partial charge is 0.482 e. The molecule has 1 aromatic carbocycles. The maximum Gasteiger partial charge on any atom is 0.341 e. The highest BCUT2D eigenvalue weighted by molar-refractivity contribution is 5.90. The van der Waals surface area contributed by atoms with E-state index in [-0.39, 0.29) is 5.91 Å². The summed E-state index contributed by atoms with van der Waals surface area (Å²) in [6, 6.07) is 6.75. The van der Waals surface area contributed by atoms with Gasteiger partial charge in [-0.2, -0.15) is 0 Å². The van der Waals surface area contributed by atoms with Gasteiger partial charge in [-0.25, -0.2) is 4.79 Å². The van der Waals surface area contributed by atoms with Gasteiger partial charge >= 0.3 is 5.97 Å². The van der Waals surface area contributed by atoms with Crippen molar-refractivity contribution in [1.29, 1.82) is 0 Å². The summed E-state index contributed by atoms with van der Waals surface area (Å²) in [5, 5.41) is 11.4. The number of nitrogens with one attached hydrogen (secondary N) is 1. The van der Waals surface area contributed by atoms with Crippen molar-refractivity contribution in [2.24, 2.45) is 5.92 Å². The van der Waals surface area contributed by atoms with Gasteiger partial charge in [-0.1, -0.05) is 6.07 Å². The molecule has 1 heterocycles. The number of hydrogen-bond donors (Lipinski definition) is 2. The highest BCUT2D eigenvalue weighted by atomic mass is 16.5. The SMILES string of the molecule is O=C(O)COc1cccc(NC(=O)CCCC2CCOCC2)c1. The molecule has 1 aliphatic rings. The molecule has 0 spiro atoms. The number of carboxylic acid groups (broad SMARTS) is 1. The van der Waals surface area contributed by atoms with E-state index in [1.54, 1.807) is 24.3 Å². The van der Waals surface area contributed by atoms with Crippen molar-refractivity contribution in [2.45, 2.75) is 32.1 Å². The third-order valence-electron chi connectivity index (χ3n) is 3.84. The Balaban J connectivity index is 1.71. The summed E-state index contributed by atoms with van der Waals surface area (Å²) >= 11 is 0. The molecular weight excluding hydrogens is 298 g/mol. The Morgan fingerprint density at radius 1 is 1.30 bits per heavy atom. The van der Waals surface area contributed by atoms with Crippen molar-refractivity contribution < 1.29 is 24.2 Å². The van der Waals surface area contributed by atoms with Crippen molar-refractivity contribution in [3.8, 4) is 5.75 Å². The van der Waals surface area contributed by atoms with Gasteiger partial charge in [0.25, 0.3) is 0 Å². The topological polar surface area (TPSA) is 84.9 Å². The molecule has 0 aliphatic carbocycles. The first-order valence-corrected chi connectivity index (χ1v) is 7.96. The van der Waals surface area contributed by atoms with Crippen LogP contribution in [0.3, 0.4) is 0 Å². The molecule has 1 aliphatic heterocycles. The predicted molar refractivity (Wildman–Crippen MR) is 85.6 cm³/mol. The van der Waals surface area contributed by atoms with E-state index in [0.717, 1.165) is 38.9 Å². The molecule has 126 valence electrons. The van der Waals surface area contributed by atoms with Crippen molar-refractivity contribution in [3.05, 3.63) is 24.3 Å². The van der Waals surface area contributed by atoms with Crippen LogP contribution in [-0.2, 0) is 14.3 Å². The first-order chi connectivity index (χ1) is 11.1. The van der Waals surface area contributed by atoms with E-state index >= 15 is 0 Å². The first-order valence-electron chi connectivity index (χ1n) is 7.96. The van der Waals surface area contributed by atoms with Crippen LogP contribution < -0.4 is 10.1 Å². The minimum atomic E-state index is -1.03. The summed E-state index contributed by atoms with van der Waals surface area (Å²) in [5.74, 6) is 0.0247. The Bertz CT molecular complexity index is 525. The van der Waals surface area contributed by atoms with Gasteiger partial charge in [0.2, 0.25) is 5.91 Å². The van der Waals surface area contributed by atoms with E-state index in [4.69, 9.17) is 14.6 Å². The second kappa shape index (κ2) is 9.15. The lowest BCUT2D eigenvalue weighted by Crippen LogP contribution is -2.17. The Morgan fingerprint density at radius 2 is 2.09 bits per heavy atom. The second-order valence-corrected chi connectivity index (χ2v) is 5.71. The van der Waals surface area contributed by atoms with Crippen LogP contribution in [0.2, 0.25) is 0 Å². The van der Waals surface area contributed by atoms with Gasteiger partial charge in [0.15, 0.2) is 6.61 Å². The van der Waals surface area contributed by atoms with Gasteiger partial charge in [0.05, 0.1) is 0 Å². The zero-order valence-corrected chi connectivity index (χ0v) is 13.1. The summed E-state index contributed by atoms with van der Waals surface area (Å²) in [7, 11) is 0. The van der Waals surface area contributed by atoms with Crippen molar-refractivity contribution in [1.82, 2.24) is 0 Å². The van der Waals surface area contributed by atoms with E-state index in [9.17, 15) is 9.59 Å². The number of benzene rings is 1. The van der Waals surface area contributed by atoms with E-state index in [0.29, 0.717) is 23.8 Å². The maximum absolute atomic E-state index is 12.0. The van der Waals surface area contributed by atoms with E-state index in [1.807, 2.05) is 0 Å². The van der Waals surface area contributed by atoms with Crippen molar-refractivity contribution >= 4 is 17.6 Å². The Kier molecular flexibility index (Phi) is 6.87. The van der Waals surface area contributed by atoms with Crippen molar-refractivity contribution in [2.75, 3.05) is 25.1 Å². The third-order valence-corrected chi connectivity index (χ3v) is 3.84. The lowest BCUT2D eigenvalue weighted by Gasteiger charge is -2.21. The van der Waals surface area contributed by atoms with Crippen LogP contribution in [0.4, 0.5) is 5.69 Å². The van der Waals surface area contributed by atoms with E-state index in [1.165, 1.54) is 0 Å². The number of anilines is 1. The highest BCUT2D eigenvalue weighted by Gasteiger charge is 2.14. The Labute approximate surface area is 135 Å². The minimum absolute atomic E-state index is 0.0348. The summed E-state index contributed by atoms with van der Waals surface area (Å²) in [5.41, 5.74) is 0.615. The van der Waals surface area contributed by atoms with Gasteiger partial charge in [-0.05, 0) is 43.7 Å². The standard InChI is InChI=1S/C17H23NO5/c19-16(6-1-3-13-7-9-22-10-8-13)18-14-4-2-5-15(11-14)23-12-17(20)21/h2,4-5,11,13H,1,3,6-10,12H2,(H,18,19)(H,20,21). The van der Waals surface area contributed by atoms with Gasteiger partial charge in [-0.3, -0.25) is 4.79 Å². The normalized spacial score (nSPS) is 15.1. The first kappa shape index (κ1) is 17.3. The number of carbonyl (C=O) groups is 2. The average Bonchev–Trinajstić information content (AvgIpc) is 2.54. The molecule has 0 unspecified atom stereocenters. The van der Waals surface area contributed by atoms with Gasteiger partial charge < -0.3 is 19.9 Å². The van der Waals surface area contributed by atoms with Crippen LogP contribution in [0.25, 0.3) is 0 Å². The fourth-order valence-electron chi connectivity index (χ4n) is 2.62. The van der Waals surface area contributed by atoms with E-state index in [2.05, 4.69) is 5.32 Å². The molecular formula is C17H23NO5. The number of amides is 1. The molecule has 1 aromatic rings. The van der Waals surface area contributed by atoms with Gasteiger partial charge in [0.1, 0.15) is 5.75 Å². The maximum atomic E-state index is 12.0. The molecule has 1 saturated heterocycles. The molecule has 0 saturated carbocycles. The molecule has 6 heteroatoms. The average molecular weight is 321 g/mol. The molecule has 0 atom stereocenters. The highest BCUT2D eigenvalue weighted by Crippen LogP contribution is 2.21. The molecule has 1 amide bonds. The van der Waals surface area contributed by atoms with Gasteiger partial charge in [0, 0.05) is 31.4 Å². The summed E-state index contributed by atoms with van der Waals surface area (Å²) in [6.45, 7) is 1.27. The number of carbonyl (C=O) groups excluding carboxylic acids is 1. The molecule has 0 radical (unpaired) electrons. The molecule has 23 heavy (non-hydrogen) atoms. The quantitative estimate of drug-likeness (QED) is 0.769. The van der Waals surface area contributed by atoms with Crippen LogP contribution >= 0.6 is 0 Å². The summed E-state index contributed by atoms with van der Waals surface area (Å²) in [4.78, 5) is 22.4. The Hall–Kier alpha value is -2.08. The number of rotatable bonds is 8. The molecule has 0 bridgehead atoms. The molecule has 2 N–H and O–H groups in total. The van der Waals surface area contributed by atoms with Crippen molar-refractivity contribution in [3.63, 3.8) is 0 Å². The van der Waals surface area contributed by atoms with Crippen LogP contribution in [0, 0.1) is 5.92 Å². The fraction of sp³-hybridized carbons (Fsp3) is 0.529. The smallest absolute Gasteiger partial charge is 0.341 e. The van der Waals surface area contributed by atoms with Crippen LogP contribution in [0.5, 0.6) is 5.75 Å². The second-order valence-electron chi connectivity index (χ2n) is 5.71. The lowest BCUT2D eigenvalue weighted by atomic mass is 9.94. The third kappa shape index (κ3) is 6.69. The number of carboxylic acids is 1. The number of aliphatic carboxylic acids is 1. The molecule has 6 nitrogen and oxygen atoms in total. The zero-order chi connectivity index (χ0) is 16.5. The number of hydrogen-bond acceptors (Lipinski definition) is 4. The van der Waals surface area contributed by atoms with Crippen LogP contribution in [0.15, 0.2) is 24.3 Å². The minimum Gasteiger partial charge on any atom is -0.482 e. The molecule has 0 aromatic heterocycles. The Morgan fingerprint density at radius 3 is 2.83 bits per heavy atom. The zero-order valence-electron chi connectivity index (χ0n) is 13.1. The monoisotopic (exact) mass is 321 g/mol. The summed E-state index contributed by atoms with van der Waals surface area (Å²) in [6.07, 6.45) is 4.58. The van der Waals surface area contributed by atoms with Gasteiger partial charge in [-0.15, -0.1) is 0 Å². The predicted octanol–water partition coefficient (Wildman–Crippen LogP) is 2.69. The van der Waals surface area contributed by atoms with Crippen LogP contribution in [-0.4, -0.2) is 36.8 Å². The lowest BCUT2D eigenvalue weighted by molar-refractivity contribution is -0.139.